The van der Waals surface area contributed by atoms with E-state index in [1.165, 1.54) is 11.8 Å². The Morgan fingerprint density at radius 1 is 1.00 bits per heavy atom. The molecule has 0 rings (SSSR count). The van der Waals surface area contributed by atoms with Gasteiger partial charge in [0.15, 0.2) is 0 Å². The number of carboxylic acid groups (broad SMARTS) is 1. The Bertz CT molecular complexity index is 542. The van der Waals surface area contributed by atoms with Crippen LogP contribution in [0.25, 0.3) is 0 Å². The maximum Gasteiger partial charge on any atom is 0.326 e. The first-order valence-corrected chi connectivity index (χ1v) is 10.7. The highest BCUT2D eigenvalue weighted by molar-refractivity contribution is 7.98. The van der Waals surface area contributed by atoms with E-state index in [4.69, 9.17) is 10.8 Å². The number of carboxylic acids is 1. The molecule has 0 aromatic rings. The first-order valence-electron chi connectivity index (χ1n) is 9.34. The third-order valence-electron chi connectivity index (χ3n) is 4.03. The highest BCUT2D eigenvalue weighted by Gasteiger charge is 2.26. The van der Waals surface area contributed by atoms with Crippen molar-refractivity contribution in [2.75, 3.05) is 18.6 Å². The van der Waals surface area contributed by atoms with Crippen molar-refractivity contribution in [2.24, 2.45) is 17.6 Å². The monoisotopic (exact) mass is 418 g/mol. The molecule has 0 spiro atoms. The maximum atomic E-state index is 12.4. The van der Waals surface area contributed by atoms with E-state index in [0.717, 1.165) is 0 Å². The molecule has 0 bridgehead atoms. The van der Waals surface area contributed by atoms with Gasteiger partial charge < -0.3 is 26.8 Å². The quantitative estimate of drug-likeness (QED) is 0.281. The van der Waals surface area contributed by atoms with Gasteiger partial charge in [0.05, 0.1) is 12.6 Å². The highest BCUT2D eigenvalue weighted by Crippen LogP contribution is 2.07. The van der Waals surface area contributed by atoms with Crippen LogP contribution in [0.2, 0.25) is 0 Å². The number of nitrogens with two attached hydrogens (primary N) is 1. The Hall–Kier alpha value is -1.81. The number of nitrogens with one attached hydrogen (secondary N) is 3. The van der Waals surface area contributed by atoms with E-state index in [9.17, 15) is 19.2 Å². The van der Waals surface area contributed by atoms with Gasteiger partial charge in [-0.1, -0.05) is 27.7 Å². The normalized spacial score (nSPS) is 14.3. The second kappa shape index (κ2) is 13.4. The number of hydrogen-bond donors (Lipinski definition) is 5. The number of rotatable bonds is 13. The molecular weight excluding hydrogens is 384 g/mol. The maximum absolute atomic E-state index is 12.4. The van der Waals surface area contributed by atoms with Gasteiger partial charge in [-0.2, -0.15) is 11.8 Å². The number of carbonyl (C=O) groups is 4. The number of hydrogen-bond acceptors (Lipinski definition) is 6. The average molecular weight is 419 g/mol. The molecule has 3 unspecified atom stereocenters. The summed E-state index contributed by atoms with van der Waals surface area (Å²) in [6.07, 6.45) is 2.51. The van der Waals surface area contributed by atoms with Crippen molar-refractivity contribution >= 4 is 35.5 Å². The molecule has 0 aromatic heterocycles. The minimum Gasteiger partial charge on any atom is -0.480 e. The summed E-state index contributed by atoms with van der Waals surface area (Å²) in [6, 6.07) is -2.57. The van der Waals surface area contributed by atoms with E-state index >= 15 is 0 Å². The summed E-state index contributed by atoms with van der Waals surface area (Å²) in [7, 11) is 0. The van der Waals surface area contributed by atoms with Crippen molar-refractivity contribution < 1.29 is 24.3 Å². The Morgan fingerprint density at radius 3 is 2.07 bits per heavy atom. The lowest BCUT2D eigenvalue weighted by molar-refractivity contribution is -0.141. The van der Waals surface area contributed by atoms with Crippen molar-refractivity contribution in [2.45, 2.75) is 58.7 Å². The van der Waals surface area contributed by atoms with Gasteiger partial charge in [0, 0.05) is 0 Å². The van der Waals surface area contributed by atoms with Crippen LogP contribution in [0.5, 0.6) is 0 Å². The number of thioether (sulfide) groups is 1. The largest absolute Gasteiger partial charge is 0.480 e. The fourth-order valence-electron chi connectivity index (χ4n) is 2.30. The van der Waals surface area contributed by atoms with Crippen molar-refractivity contribution in [3.8, 4) is 0 Å². The summed E-state index contributed by atoms with van der Waals surface area (Å²) >= 11 is 1.48. The minimum atomic E-state index is -1.12. The van der Waals surface area contributed by atoms with Crippen molar-refractivity contribution in [1.82, 2.24) is 16.0 Å². The zero-order chi connectivity index (χ0) is 21.9. The van der Waals surface area contributed by atoms with Crippen LogP contribution < -0.4 is 21.7 Å². The number of aliphatic carboxylic acids is 1. The summed E-state index contributed by atoms with van der Waals surface area (Å²) in [4.78, 5) is 47.8. The molecule has 162 valence electrons. The van der Waals surface area contributed by atoms with Gasteiger partial charge in [0.25, 0.3) is 0 Å². The van der Waals surface area contributed by atoms with Gasteiger partial charge in [-0.05, 0) is 36.7 Å². The van der Waals surface area contributed by atoms with E-state index < -0.39 is 41.8 Å². The van der Waals surface area contributed by atoms with Gasteiger partial charge in [-0.15, -0.1) is 0 Å². The fourth-order valence-corrected chi connectivity index (χ4v) is 2.77. The molecule has 3 amide bonds. The third-order valence-corrected chi connectivity index (χ3v) is 4.67. The standard InChI is InChI=1S/C18H34N4O5S/c1-10(2)8-13(22-17(25)15(19)11(3)4)16(24)20-9-14(23)21-12(18(26)27)6-7-28-5/h10-13,15H,6-9,19H2,1-5H3,(H,20,24)(H,21,23)(H,22,25)(H,26,27). The Morgan fingerprint density at radius 2 is 1.61 bits per heavy atom. The van der Waals surface area contributed by atoms with Crippen LogP contribution in [-0.4, -0.2) is 65.5 Å². The van der Waals surface area contributed by atoms with Gasteiger partial charge in [0.2, 0.25) is 17.7 Å². The summed E-state index contributed by atoms with van der Waals surface area (Å²) in [5, 5.41) is 16.6. The zero-order valence-electron chi connectivity index (χ0n) is 17.3. The van der Waals surface area contributed by atoms with Gasteiger partial charge >= 0.3 is 5.97 Å². The van der Waals surface area contributed by atoms with E-state index in [0.29, 0.717) is 12.2 Å². The minimum absolute atomic E-state index is 0.0808. The smallest absolute Gasteiger partial charge is 0.326 e. The Kier molecular flexibility index (Phi) is 12.5. The lowest BCUT2D eigenvalue weighted by atomic mass is 10.0. The Labute approximate surface area is 170 Å². The van der Waals surface area contributed by atoms with Crippen LogP contribution in [0, 0.1) is 11.8 Å². The van der Waals surface area contributed by atoms with E-state index in [1.54, 1.807) is 0 Å². The molecule has 0 aromatic carbocycles. The lowest BCUT2D eigenvalue weighted by Crippen LogP contribution is -2.54. The molecule has 3 atom stereocenters. The molecule has 0 saturated carbocycles. The molecule has 6 N–H and O–H groups in total. The molecule has 0 aliphatic rings. The van der Waals surface area contributed by atoms with Crippen LogP contribution in [0.1, 0.15) is 40.5 Å². The molecule has 10 heteroatoms. The fraction of sp³-hybridized carbons (Fsp3) is 0.778. The van der Waals surface area contributed by atoms with Crippen LogP contribution in [-0.2, 0) is 19.2 Å². The molecule has 0 aliphatic heterocycles. The van der Waals surface area contributed by atoms with E-state index in [-0.39, 0.29) is 24.8 Å². The van der Waals surface area contributed by atoms with Crippen LogP contribution in [0.4, 0.5) is 0 Å². The SMILES string of the molecule is CSCCC(NC(=O)CNC(=O)C(CC(C)C)NC(=O)C(N)C(C)C)C(=O)O. The van der Waals surface area contributed by atoms with Crippen molar-refractivity contribution in [3.63, 3.8) is 0 Å². The average Bonchev–Trinajstić information content (AvgIpc) is 2.60. The molecule has 28 heavy (non-hydrogen) atoms. The molecule has 0 aliphatic carbocycles. The highest BCUT2D eigenvalue weighted by atomic mass is 32.2. The predicted octanol–water partition coefficient (Wildman–Crippen LogP) is -0.0607. The summed E-state index contributed by atoms with van der Waals surface area (Å²) in [5.74, 6) is -2.03. The lowest BCUT2D eigenvalue weighted by Gasteiger charge is -2.23. The van der Waals surface area contributed by atoms with Gasteiger partial charge in [0.1, 0.15) is 12.1 Å². The van der Waals surface area contributed by atoms with Gasteiger partial charge in [-0.3, -0.25) is 14.4 Å². The van der Waals surface area contributed by atoms with E-state index in [2.05, 4.69) is 16.0 Å². The molecule has 0 fully saturated rings. The summed E-state index contributed by atoms with van der Waals surface area (Å²) < 4.78 is 0. The predicted molar refractivity (Wildman–Crippen MR) is 110 cm³/mol. The third kappa shape index (κ3) is 10.5. The summed E-state index contributed by atoms with van der Waals surface area (Å²) in [5.41, 5.74) is 5.82. The Balaban J connectivity index is 4.78. The van der Waals surface area contributed by atoms with Crippen molar-refractivity contribution in [3.05, 3.63) is 0 Å². The second-order valence-corrected chi connectivity index (χ2v) is 8.40. The molecule has 0 heterocycles. The topological polar surface area (TPSA) is 151 Å². The molecule has 0 radical (unpaired) electrons. The molecular formula is C18H34N4O5S. The first kappa shape index (κ1) is 26.2. The molecule has 0 saturated heterocycles. The van der Waals surface area contributed by atoms with Crippen LogP contribution in [0.15, 0.2) is 0 Å². The van der Waals surface area contributed by atoms with Crippen LogP contribution >= 0.6 is 11.8 Å². The number of amides is 3. The molecule has 9 nitrogen and oxygen atoms in total. The second-order valence-electron chi connectivity index (χ2n) is 7.42. The first-order chi connectivity index (χ1) is 13.0. The van der Waals surface area contributed by atoms with Gasteiger partial charge in [-0.25, -0.2) is 4.79 Å². The van der Waals surface area contributed by atoms with Crippen LogP contribution in [0.3, 0.4) is 0 Å². The zero-order valence-corrected chi connectivity index (χ0v) is 18.1. The van der Waals surface area contributed by atoms with Crippen molar-refractivity contribution in [1.29, 1.82) is 0 Å². The van der Waals surface area contributed by atoms with E-state index in [1.807, 2.05) is 34.0 Å². The number of carbonyl (C=O) groups excluding carboxylic acids is 3. The summed E-state index contributed by atoms with van der Waals surface area (Å²) in [6.45, 7) is 7.06.